The Bertz CT molecular complexity index is 245. The fraction of sp³-hybridized carbons (Fsp3) is 1.00. The fourth-order valence-corrected chi connectivity index (χ4v) is 3.40. The van der Waals surface area contributed by atoms with Crippen LogP contribution in [0.25, 0.3) is 0 Å². The Kier molecular flexibility index (Phi) is 5.67. The molecule has 1 aliphatic carbocycles. The first kappa shape index (κ1) is 16.0. The Labute approximate surface area is 114 Å². The third-order valence-corrected chi connectivity index (χ3v) is 4.59. The van der Waals surface area contributed by atoms with Gasteiger partial charge in [0.2, 0.25) is 0 Å². The highest BCUT2D eigenvalue weighted by molar-refractivity contribution is 4.91. The second kappa shape index (κ2) is 6.38. The van der Waals surface area contributed by atoms with E-state index in [-0.39, 0.29) is 5.41 Å². The topological polar surface area (TPSA) is 29.3 Å². The molecular weight excluding hydrogens is 220 g/mol. The molecule has 1 fully saturated rings. The molecule has 2 nitrogen and oxygen atoms in total. The number of rotatable bonds is 6. The van der Waals surface area contributed by atoms with Crippen LogP contribution in [-0.2, 0) is 0 Å². The molecule has 0 aliphatic heterocycles. The molecule has 2 heteroatoms. The molecule has 108 valence electrons. The minimum atomic E-state index is 0.239. The Morgan fingerprint density at radius 1 is 1.28 bits per heavy atom. The molecule has 0 saturated heterocycles. The zero-order chi connectivity index (χ0) is 13.8. The van der Waals surface area contributed by atoms with E-state index in [1.165, 1.54) is 38.6 Å². The molecular formula is C16H34N2. The first-order valence-electron chi connectivity index (χ1n) is 7.76. The third-order valence-electron chi connectivity index (χ3n) is 4.59. The van der Waals surface area contributed by atoms with Gasteiger partial charge < -0.3 is 5.73 Å². The van der Waals surface area contributed by atoms with E-state index in [0.717, 1.165) is 19.1 Å². The molecule has 1 aliphatic rings. The van der Waals surface area contributed by atoms with Crippen LogP contribution in [0.15, 0.2) is 0 Å². The standard InChI is InChI=1S/C16H34N2/c1-6-11-18(13-15(2,3)12-17)14-9-7-8-10-16(14,4)5/h14H,6-13,17H2,1-5H3. The maximum absolute atomic E-state index is 5.92. The summed E-state index contributed by atoms with van der Waals surface area (Å²) in [5, 5.41) is 0. The lowest BCUT2D eigenvalue weighted by Gasteiger charge is -2.47. The van der Waals surface area contributed by atoms with Crippen molar-refractivity contribution in [2.75, 3.05) is 19.6 Å². The van der Waals surface area contributed by atoms with Crippen LogP contribution in [0.5, 0.6) is 0 Å². The van der Waals surface area contributed by atoms with E-state index in [1.54, 1.807) is 0 Å². The summed E-state index contributed by atoms with van der Waals surface area (Å²) in [6.45, 7) is 14.9. The van der Waals surface area contributed by atoms with Gasteiger partial charge in [0.15, 0.2) is 0 Å². The van der Waals surface area contributed by atoms with Crippen molar-refractivity contribution in [3.05, 3.63) is 0 Å². The number of hydrogen-bond donors (Lipinski definition) is 1. The lowest BCUT2D eigenvalue weighted by atomic mass is 9.72. The highest BCUT2D eigenvalue weighted by Crippen LogP contribution is 2.39. The molecule has 1 unspecified atom stereocenters. The van der Waals surface area contributed by atoms with E-state index in [4.69, 9.17) is 5.73 Å². The van der Waals surface area contributed by atoms with E-state index >= 15 is 0 Å². The summed E-state index contributed by atoms with van der Waals surface area (Å²) < 4.78 is 0. The van der Waals surface area contributed by atoms with Gasteiger partial charge in [-0.2, -0.15) is 0 Å². The van der Waals surface area contributed by atoms with E-state index in [1.807, 2.05) is 0 Å². The maximum Gasteiger partial charge on any atom is 0.0147 e. The minimum Gasteiger partial charge on any atom is -0.330 e. The van der Waals surface area contributed by atoms with Gasteiger partial charge in [0.05, 0.1) is 0 Å². The van der Waals surface area contributed by atoms with Crippen molar-refractivity contribution in [2.45, 2.75) is 72.8 Å². The van der Waals surface area contributed by atoms with Gasteiger partial charge in [-0.3, -0.25) is 4.90 Å². The summed E-state index contributed by atoms with van der Waals surface area (Å²) in [6.07, 6.45) is 6.79. The Balaban J connectivity index is 2.76. The summed E-state index contributed by atoms with van der Waals surface area (Å²) in [7, 11) is 0. The summed E-state index contributed by atoms with van der Waals surface area (Å²) in [5.41, 5.74) is 6.63. The lowest BCUT2D eigenvalue weighted by Crippen LogP contribution is -2.51. The van der Waals surface area contributed by atoms with Crippen LogP contribution in [0.2, 0.25) is 0 Å². The van der Waals surface area contributed by atoms with Crippen molar-refractivity contribution in [2.24, 2.45) is 16.6 Å². The Hall–Kier alpha value is -0.0800. The Morgan fingerprint density at radius 2 is 1.94 bits per heavy atom. The lowest BCUT2D eigenvalue weighted by molar-refractivity contribution is 0.0255. The predicted octanol–water partition coefficient (Wildman–Crippen LogP) is 3.65. The van der Waals surface area contributed by atoms with Crippen LogP contribution >= 0.6 is 0 Å². The number of hydrogen-bond acceptors (Lipinski definition) is 2. The van der Waals surface area contributed by atoms with Gasteiger partial charge in [0.25, 0.3) is 0 Å². The average Bonchev–Trinajstić information content (AvgIpc) is 2.28. The van der Waals surface area contributed by atoms with Crippen LogP contribution in [0.1, 0.15) is 66.7 Å². The van der Waals surface area contributed by atoms with Crippen LogP contribution in [0, 0.1) is 10.8 Å². The molecule has 0 radical (unpaired) electrons. The monoisotopic (exact) mass is 254 g/mol. The van der Waals surface area contributed by atoms with Crippen LogP contribution in [-0.4, -0.2) is 30.6 Å². The summed E-state index contributed by atoms with van der Waals surface area (Å²) in [4.78, 5) is 2.73. The molecule has 0 bridgehead atoms. The number of nitrogens with zero attached hydrogens (tertiary/aromatic N) is 1. The Morgan fingerprint density at radius 3 is 2.44 bits per heavy atom. The van der Waals surface area contributed by atoms with Gasteiger partial charge in [-0.1, -0.05) is 47.5 Å². The third kappa shape index (κ3) is 4.24. The van der Waals surface area contributed by atoms with Gasteiger partial charge in [-0.25, -0.2) is 0 Å². The molecule has 1 saturated carbocycles. The average molecular weight is 254 g/mol. The van der Waals surface area contributed by atoms with Gasteiger partial charge in [-0.15, -0.1) is 0 Å². The van der Waals surface area contributed by atoms with Gasteiger partial charge >= 0.3 is 0 Å². The predicted molar refractivity (Wildman–Crippen MR) is 80.7 cm³/mol. The highest BCUT2D eigenvalue weighted by atomic mass is 15.2. The molecule has 0 heterocycles. The fourth-order valence-electron chi connectivity index (χ4n) is 3.40. The molecule has 0 aromatic rings. The highest BCUT2D eigenvalue weighted by Gasteiger charge is 2.37. The zero-order valence-corrected chi connectivity index (χ0v) is 13.3. The van der Waals surface area contributed by atoms with Gasteiger partial charge in [0.1, 0.15) is 0 Å². The van der Waals surface area contributed by atoms with Crippen molar-refractivity contribution in [3.63, 3.8) is 0 Å². The quantitative estimate of drug-likeness (QED) is 0.784. The number of nitrogens with two attached hydrogens (primary N) is 1. The second-order valence-corrected chi connectivity index (χ2v) is 7.59. The largest absolute Gasteiger partial charge is 0.330 e. The zero-order valence-electron chi connectivity index (χ0n) is 13.3. The van der Waals surface area contributed by atoms with E-state index in [0.29, 0.717) is 5.41 Å². The van der Waals surface area contributed by atoms with E-state index < -0.39 is 0 Å². The molecule has 1 rings (SSSR count). The molecule has 2 N–H and O–H groups in total. The summed E-state index contributed by atoms with van der Waals surface area (Å²) in [6, 6.07) is 0.747. The minimum absolute atomic E-state index is 0.239. The van der Waals surface area contributed by atoms with Crippen LogP contribution in [0.3, 0.4) is 0 Å². The van der Waals surface area contributed by atoms with Crippen molar-refractivity contribution < 1.29 is 0 Å². The first-order chi connectivity index (χ1) is 8.32. The molecule has 0 amide bonds. The van der Waals surface area contributed by atoms with Crippen LogP contribution in [0.4, 0.5) is 0 Å². The first-order valence-corrected chi connectivity index (χ1v) is 7.76. The molecule has 0 aromatic carbocycles. The SMILES string of the molecule is CCCN(CC(C)(C)CN)C1CCCCC1(C)C. The van der Waals surface area contributed by atoms with Crippen molar-refractivity contribution in [1.29, 1.82) is 0 Å². The summed E-state index contributed by atoms with van der Waals surface area (Å²) >= 11 is 0. The van der Waals surface area contributed by atoms with Crippen molar-refractivity contribution >= 4 is 0 Å². The van der Waals surface area contributed by atoms with Crippen molar-refractivity contribution in [1.82, 2.24) is 4.90 Å². The normalized spacial score (nSPS) is 24.5. The van der Waals surface area contributed by atoms with E-state index in [2.05, 4.69) is 39.5 Å². The van der Waals surface area contributed by atoms with E-state index in [9.17, 15) is 0 Å². The molecule has 0 aromatic heterocycles. The molecule has 18 heavy (non-hydrogen) atoms. The molecule has 1 atom stereocenters. The smallest absolute Gasteiger partial charge is 0.0147 e. The van der Waals surface area contributed by atoms with Gasteiger partial charge in [0, 0.05) is 12.6 Å². The summed E-state index contributed by atoms with van der Waals surface area (Å²) in [5.74, 6) is 0. The van der Waals surface area contributed by atoms with Crippen LogP contribution < -0.4 is 5.73 Å². The van der Waals surface area contributed by atoms with Gasteiger partial charge in [-0.05, 0) is 43.2 Å². The second-order valence-electron chi connectivity index (χ2n) is 7.59. The van der Waals surface area contributed by atoms with Crippen molar-refractivity contribution in [3.8, 4) is 0 Å². The maximum atomic E-state index is 5.92. The molecule has 0 spiro atoms.